The fourth-order valence-electron chi connectivity index (χ4n) is 5.57. The third-order valence-corrected chi connectivity index (χ3v) is 8.65. The van der Waals surface area contributed by atoms with E-state index in [4.69, 9.17) is 21.0 Å². The zero-order valence-electron chi connectivity index (χ0n) is 21.6. The van der Waals surface area contributed by atoms with Gasteiger partial charge in [-0.1, -0.05) is 83.6 Å². The number of furan rings is 1. The van der Waals surface area contributed by atoms with Crippen molar-refractivity contribution in [1.29, 1.82) is 0 Å². The molecule has 1 aliphatic carbocycles. The van der Waals surface area contributed by atoms with Crippen LogP contribution in [0.5, 0.6) is 0 Å². The molecule has 1 aliphatic heterocycles. The van der Waals surface area contributed by atoms with Gasteiger partial charge in [0, 0.05) is 16.7 Å². The predicted molar refractivity (Wildman–Crippen MR) is 162 cm³/mol. The minimum atomic E-state index is -0.185. The van der Waals surface area contributed by atoms with Crippen molar-refractivity contribution >= 4 is 35.1 Å². The molecule has 0 amide bonds. The number of aromatic nitrogens is 1. The van der Waals surface area contributed by atoms with E-state index in [-0.39, 0.29) is 11.6 Å². The first-order valence-electron chi connectivity index (χ1n) is 13.4. The van der Waals surface area contributed by atoms with Crippen molar-refractivity contribution in [2.75, 3.05) is 0 Å². The van der Waals surface area contributed by atoms with Crippen LogP contribution in [0.2, 0.25) is 5.02 Å². The zero-order chi connectivity index (χ0) is 27.1. The molecule has 196 valence electrons. The summed E-state index contributed by atoms with van der Waals surface area (Å²) < 4.78 is 8.58. The molecule has 3 heterocycles. The molecule has 4 nitrogen and oxygen atoms in total. The molecule has 0 saturated heterocycles. The van der Waals surface area contributed by atoms with Crippen LogP contribution in [0.1, 0.15) is 42.2 Å². The van der Waals surface area contributed by atoms with Crippen LogP contribution in [0, 0.1) is 0 Å². The summed E-state index contributed by atoms with van der Waals surface area (Å²) in [6, 6.07) is 31.8. The first-order valence-corrected chi connectivity index (χ1v) is 14.5. The summed E-state index contributed by atoms with van der Waals surface area (Å²) in [6.45, 7) is 0. The van der Waals surface area contributed by atoms with Gasteiger partial charge in [-0.3, -0.25) is 9.36 Å². The second-order valence-corrected chi connectivity index (χ2v) is 11.5. The summed E-state index contributed by atoms with van der Waals surface area (Å²) in [4.78, 5) is 19.8. The van der Waals surface area contributed by atoms with E-state index in [9.17, 15) is 4.79 Å². The van der Waals surface area contributed by atoms with Crippen molar-refractivity contribution in [2.45, 2.75) is 25.3 Å². The van der Waals surface area contributed by atoms with Crippen LogP contribution in [0.15, 0.2) is 128 Å². The van der Waals surface area contributed by atoms with Gasteiger partial charge >= 0.3 is 0 Å². The van der Waals surface area contributed by atoms with Crippen LogP contribution in [0.3, 0.4) is 0 Å². The van der Waals surface area contributed by atoms with Crippen molar-refractivity contribution in [1.82, 2.24) is 4.57 Å². The van der Waals surface area contributed by atoms with Crippen LogP contribution in [0.4, 0.5) is 0 Å². The molecule has 1 atom stereocenters. The molecule has 0 unspecified atom stereocenters. The van der Waals surface area contributed by atoms with Crippen LogP contribution in [-0.4, -0.2) is 4.57 Å². The average Bonchev–Trinajstić information content (AvgIpc) is 3.58. The Kier molecular flexibility index (Phi) is 6.46. The van der Waals surface area contributed by atoms with E-state index < -0.39 is 0 Å². The minimum absolute atomic E-state index is 0.0484. The molecule has 0 N–H and O–H groups in total. The van der Waals surface area contributed by atoms with E-state index in [0.29, 0.717) is 20.1 Å². The summed E-state index contributed by atoms with van der Waals surface area (Å²) in [5.41, 5.74) is 6.61. The molecule has 0 fully saturated rings. The molecule has 0 radical (unpaired) electrons. The van der Waals surface area contributed by atoms with Gasteiger partial charge in [-0.2, -0.15) is 0 Å². The number of fused-ring (bicyclic) bond motifs is 1. The van der Waals surface area contributed by atoms with Crippen molar-refractivity contribution in [3.05, 3.63) is 156 Å². The molecular weight excluding hydrogens is 536 g/mol. The lowest BCUT2D eigenvalue weighted by atomic mass is 9.84. The Hall–Kier alpha value is -4.19. The molecule has 7 rings (SSSR count). The van der Waals surface area contributed by atoms with E-state index in [1.54, 1.807) is 0 Å². The van der Waals surface area contributed by atoms with E-state index in [1.165, 1.54) is 22.5 Å². The predicted octanol–water partition coefficient (Wildman–Crippen LogP) is 7.40. The van der Waals surface area contributed by atoms with Crippen LogP contribution in [-0.2, 0) is 0 Å². The highest BCUT2D eigenvalue weighted by atomic mass is 35.5. The number of rotatable bonds is 4. The quantitative estimate of drug-likeness (QED) is 0.230. The summed E-state index contributed by atoms with van der Waals surface area (Å²) in [7, 11) is 0. The van der Waals surface area contributed by atoms with Gasteiger partial charge in [0.15, 0.2) is 4.80 Å². The molecule has 2 aromatic heterocycles. The number of allylic oxidation sites excluding steroid dienone is 2. The molecule has 6 heteroatoms. The Bertz CT molecular complexity index is 1950. The second kappa shape index (κ2) is 10.4. The summed E-state index contributed by atoms with van der Waals surface area (Å²) >= 11 is 7.46. The van der Waals surface area contributed by atoms with Crippen LogP contribution >= 0.6 is 22.9 Å². The fraction of sp³-hybridized carbons (Fsp3) is 0.118. The maximum Gasteiger partial charge on any atom is 0.271 e. The third-order valence-electron chi connectivity index (χ3n) is 7.42. The average molecular weight is 561 g/mol. The van der Waals surface area contributed by atoms with Gasteiger partial charge in [-0.05, 0) is 84.0 Å². The summed E-state index contributed by atoms with van der Waals surface area (Å²) in [5, 5.41) is 0.675. The largest absolute Gasteiger partial charge is 0.457 e. The SMILES string of the molecule is O=c1/c(=C\c2ccc(-c3ccc(Cl)cc3)o2)sc2n1[C@H](c1ccccc1)C1=C(N=2)/C(=C/c2ccccc2)CCC1. The molecule has 5 aromatic rings. The lowest BCUT2D eigenvalue weighted by Crippen LogP contribution is -2.39. The normalized spacial score (nSPS) is 18.0. The molecule has 0 saturated carbocycles. The smallest absolute Gasteiger partial charge is 0.271 e. The summed E-state index contributed by atoms with van der Waals surface area (Å²) in [5.74, 6) is 1.35. The van der Waals surface area contributed by atoms with E-state index in [1.807, 2.05) is 71.3 Å². The minimum Gasteiger partial charge on any atom is -0.457 e. The number of hydrogen-bond donors (Lipinski definition) is 0. The van der Waals surface area contributed by atoms with Crippen molar-refractivity contribution in [3.63, 3.8) is 0 Å². The van der Waals surface area contributed by atoms with E-state index in [0.717, 1.165) is 47.4 Å². The monoisotopic (exact) mass is 560 g/mol. The topological polar surface area (TPSA) is 47.5 Å². The highest BCUT2D eigenvalue weighted by Crippen LogP contribution is 2.41. The Morgan fingerprint density at radius 2 is 1.62 bits per heavy atom. The molecule has 0 spiro atoms. The Labute approximate surface area is 240 Å². The van der Waals surface area contributed by atoms with Crippen LogP contribution < -0.4 is 14.9 Å². The van der Waals surface area contributed by atoms with E-state index in [2.05, 4.69) is 42.5 Å². The van der Waals surface area contributed by atoms with E-state index >= 15 is 0 Å². The Balaban J connectivity index is 1.37. The number of hydrogen-bond acceptors (Lipinski definition) is 4. The number of thiazole rings is 1. The zero-order valence-corrected chi connectivity index (χ0v) is 23.2. The molecule has 3 aromatic carbocycles. The standard InChI is InChI=1S/C34H25ClN2O2S/c35-26-16-14-23(15-17-26)29-19-18-27(39-29)21-30-33(38)37-32(24-10-5-2-6-11-24)28-13-7-12-25(31(28)36-34(37)40-30)20-22-8-3-1-4-9-22/h1-6,8-11,14-21,32H,7,12-13H2/b25-20+,30-21+/t32-/m1/s1. The number of benzene rings is 3. The van der Waals surface area contributed by atoms with Gasteiger partial charge in [-0.25, -0.2) is 4.99 Å². The first-order chi connectivity index (χ1) is 19.6. The fourth-order valence-corrected chi connectivity index (χ4v) is 6.68. The second-order valence-electron chi connectivity index (χ2n) is 10.0. The molecular formula is C34H25ClN2O2S. The molecule has 40 heavy (non-hydrogen) atoms. The highest BCUT2D eigenvalue weighted by molar-refractivity contribution is 7.07. The first kappa shape index (κ1) is 24.8. The Morgan fingerprint density at radius 3 is 2.40 bits per heavy atom. The maximum atomic E-state index is 14.0. The van der Waals surface area contributed by atoms with Crippen LogP contribution in [0.25, 0.3) is 23.5 Å². The van der Waals surface area contributed by atoms with Gasteiger partial charge in [0.25, 0.3) is 5.56 Å². The highest BCUT2D eigenvalue weighted by Gasteiger charge is 2.32. The van der Waals surface area contributed by atoms with Gasteiger partial charge in [-0.15, -0.1) is 0 Å². The van der Waals surface area contributed by atoms with Gasteiger partial charge in [0.1, 0.15) is 11.5 Å². The van der Waals surface area contributed by atoms with Gasteiger partial charge < -0.3 is 4.42 Å². The lowest BCUT2D eigenvalue weighted by Gasteiger charge is -2.31. The maximum absolute atomic E-state index is 14.0. The summed E-state index contributed by atoms with van der Waals surface area (Å²) in [6.07, 6.45) is 6.98. The van der Waals surface area contributed by atoms with Gasteiger partial charge in [0.2, 0.25) is 0 Å². The molecule has 0 bridgehead atoms. The number of halogens is 1. The molecule has 2 aliphatic rings. The lowest BCUT2D eigenvalue weighted by molar-refractivity contribution is 0.553. The van der Waals surface area contributed by atoms with Crippen molar-refractivity contribution in [2.24, 2.45) is 4.99 Å². The van der Waals surface area contributed by atoms with Gasteiger partial charge in [0.05, 0.1) is 16.3 Å². The number of nitrogens with zero attached hydrogens (tertiary/aromatic N) is 2. The Morgan fingerprint density at radius 1 is 0.875 bits per heavy atom. The third kappa shape index (κ3) is 4.61. The van der Waals surface area contributed by atoms with Crippen molar-refractivity contribution in [3.8, 4) is 11.3 Å². The van der Waals surface area contributed by atoms with Crippen molar-refractivity contribution < 1.29 is 4.42 Å².